The first-order chi connectivity index (χ1) is 9.61. The van der Waals surface area contributed by atoms with E-state index in [0.717, 1.165) is 32.5 Å². The maximum Gasteiger partial charge on any atom is 0.263 e. The second-order valence-electron chi connectivity index (χ2n) is 5.16. The number of amides is 2. The number of hydrogen-bond acceptors (Lipinski definition) is 4. The quantitative estimate of drug-likeness (QED) is 0.860. The minimum absolute atomic E-state index is 0.0227. The molecule has 1 aliphatic rings. The van der Waals surface area contributed by atoms with E-state index in [-0.39, 0.29) is 5.91 Å². The van der Waals surface area contributed by atoms with Gasteiger partial charge in [-0.1, -0.05) is 0 Å². The second-order valence-corrected chi connectivity index (χ2v) is 6.24. The normalized spacial score (nSPS) is 16.4. The number of likely N-dealkylation sites (tertiary alicyclic amines) is 1. The van der Waals surface area contributed by atoms with E-state index < -0.39 is 5.91 Å². The van der Waals surface area contributed by atoms with Gasteiger partial charge < -0.3 is 16.0 Å². The molecule has 0 aliphatic carbocycles. The zero-order chi connectivity index (χ0) is 14.5. The van der Waals surface area contributed by atoms with Crippen molar-refractivity contribution in [3.05, 3.63) is 21.9 Å². The van der Waals surface area contributed by atoms with Crippen molar-refractivity contribution in [1.29, 1.82) is 0 Å². The van der Waals surface area contributed by atoms with E-state index in [1.54, 1.807) is 12.1 Å². The molecule has 0 atom stereocenters. The number of nitrogens with two attached hydrogens (primary N) is 1. The molecule has 1 aromatic rings. The summed E-state index contributed by atoms with van der Waals surface area (Å²) in [6.07, 6.45) is 3.28. The maximum absolute atomic E-state index is 12.3. The van der Waals surface area contributed by atoms with E-state index in [9.17, 15) is 9.59 Å². The van der Waals surface area contributed by atoms with Gasteiger partial charge in [0.1, 0.15) is 0 Å². The fourth-order valence-electron chi connectivity index (χ4n) is 2.51. The minimum Gasteiger partial charge on any atom is -0.365 e. The number of primary amides is 1. The van der Waals surface area contributed by atoms with E-state index in [0.29, 0.717) is 15.7 Å². The van der Waals surface area contributed by atoms with Crippen LogP contribution in [0, 0.1) is 5.92 Å². The summed E-state index contributed by atoms with van der Waals surface area (Å²) in [5.41, 5.74) is 5.21. The molecular formula is C14H21N3O2S. The van der Waals surface area contributed by atoms with Gasteiger partial charge in [0.05, 0.1) is 9.75 Å². The third-order valence-corrected chi connectivity index (χ3v) is 4.85. The lowest BCUT2D eigenvalue weighted by molar-refractivity contribution is 0.0692. The van der Waals surface area contributed by atoms with Crippen molar-refractivity contribution in [1.82, 2.24) is 10.2 Å². The Morgan fingerprint density at radius 1 is 1.35 bits per heavy atom. The van der Waals surface area contributed by atoms with Crippen LogP contribution in [0.25, 0.3) is 0 Å². The Kier molecular flexibility index (Phi) is 5.14. The monoisotopic (exact) mass is 295 g/mol. The lowest BCUT2D eigenvalue weighted by Crippen LogP contribution is -2.38. The zero-order valence-electron chi connectivity index (χ0n) is 11.7. The molecule has 1 aliphatic heterocycles. The summed E-state index contributed by atoms with van der Waals surface area (Å²) >= 11 is 1.18. The van der Waals surface area contributed by atoms with Crippen LogP contribution in [-0.4, -0.2) is 43.4 Å². The molecule has 110 valence electrons. The van der Waals surface area contributed by atoms with Crippen LogP contribution in [0.2, 0.25) is 0 Å². The summed E-state index contributed by atoms with van der Waals surface area (Å²) in [6.45, 7) is 2.64. The maximum atomic E-state index is 12.3. The fraction of sp³-hybridized carbons (Fsp3) is 0.571. The third kappa shape index (κ3) is 3.58. The number of nitrogens with zero attached hydrogens (tertiary/aromatic N) is 1. The number of nitrogens with one attached hydrogen (secondary N) is 1. The smallest absolute Gasteiger partial charge is 0.263 e. The molecule has 2 rings (SSSR count). The molecule has 6 heteroatoms. The first kappa shape index (κ1) is 15.0. The van der Waals surface area contributed by atoms with Crippen molar-refractivity contribution < 1.29 is 9.59 Å². The summed E-state index contributed by atoms with van der Waals surface area (Å²) < 4.78 is 0. The Morgan fingerprint density at radius 2 is 2.00 bits per heavy atom. The second kappa shape index (κ2) is 6.85. The van der Waals surface area contributed by atoms with Gasteiger partial charge in [0.25, 0.3) is 11.8 Å². The molecule has 1 aromatic heterocycles. The van der Waals surface area contributed by atoms with Gasteiger partial charge in [-0.05, 0) is 50.9 Å². The molecule has 3 N–H and O–H groups in total. The molecule has 0 saturated carbocycles. The van der Waals surface area contributed by atoms with Crippen LogP contribution in [0.4, 0.5) is 0 Å². The Bertz CT molecular complexity index is 479. The van der Waals surface area contributed by atoms with E-state index in [2.05, 4.69) is 5.32 Å². The van der Waals surface area contributed by atoms with Gasteiger partial charge >= 0.3 is 0 Å². The molecule has 0 aromatic carbocycles. The molecule has 0 spiro atoms. The standard InChI is InChI=1S/C14H21N3O2S/c1-16-7-4-10-5-8-17(9-6-10)14(19)12-3-2-11(20-12)13(15)18/h2-3,10,16H,4-9H2,1H3,(H2,15,18). The topological polar surface area (TPSA) is 75.4 Å². The van der Waals surface area contributed by atoms with Crippen LogP contribution in [0.3, 0.4) is 0 Å². The van der Waals surface area contributed by atoms with Crippen LogP contribution in [0.15, 0.2) is 12.1 Å². The summed E-state index contributed by atoms with van der Waals surface area (Å²) in [6, 6.07) is 3.32. The van der Waals surface area contributed by atoms with E-state index in [1.165, 1.54) is 17.8 Å². The summed E-state index contributed by atoms with van der Waals surface area (Å²) in [4.78, 5) is 26.3. The van der Waals surface area contributed by atoms with E-state index >= 15 is 0 Å². The Balaban J connectivity index is 1.89. The van der Waals surface area contributed by atoms with Crippen LogP contribution in [0.5, 0.6) is 0 Å². The summed E-state index contributed by atoms with van der Waals surface area (Å²) in [5.74, 6) is 0.255. The highest BCUT2D eigenvalue weighted by Crippen LogP contribution is 2.24. The largest absolute Gasteiger partial charge is 0.365 e. The molecule has 1 saturated heterocycles. The molecule has 1 fully saturated rings. The average molecular weight is 295 g/mol. The van der Waals surface area contributed by atoms with Gasteiger partial charge in [0, 0.05) is 13.1 Å². The molecule has 0 unspecified atom stereocenters. The predicted molar refractivity (Wildman–Crippen MR) is 80.0 cm³/mol. The van der Waals surface area contributed by atoms with Crippen molar-refractivity contribution in [2.24, 2.45) is 11.7 Å². The molecule has 0 bridgehead atoms. The predicted octanol–water partition coefficient (Wildman–Crippen LogP) is 1.31. The first-order valence-electron chi connectivity index (χ1n) is 6.95. The van der Waals surface area contributed by atoms with Crippen molar-refractivity contribution >= 4 is 23.2 Å². The molecule has 2 heterocycles. The Morgan fingerprint density at radius 3 is 2.55 bits per heavy atom. The molecule has 0 radical (unpaired) electrons. The van der Waals surface area contributed by atoms with E-state index in [1.807, 2.05) is 11.9 Å². The highest BCUT2D eigenvalue weighted by molar-refractivity contribution is 7.15. The summed E-state index contributed by atoms with van der Waals surface area (Å²) in [7, 11) is 1.96. The van der Waals surface area contributed by atoms with Gasteiger partial charge in [0.15, 0.2) is 0 Å². The molecular weight excluding hydrogens is 274 g/mol. The number of carbonyl (C=O) groups is 2. The van der Waals surface area contributed by atoms with Crippen LogP contribution < -0.4 is 11.1 Å². The number of piperidine rings is 1. The lowest BCUT2D eigenvalue weighted by Gasteiger charge is -2.31. The number of rotatable bonds is 5. The Labute approximate surface area is 123 Å². The van der Waals surface area contributed by atoms with Crippen molar-refractivity contribution in [3.63, 3.8) is 0 Å². The molecule has 5 nitrogen and oxygen atoms in total. The number of hydrogen-bond donors (Lipinski definition) is 2. The summed E-state index contributed by atoms with van der Waals surface area (Å²) in [5, 5.41) is 3.17. The van der Waals surface area contributed by atoms with E-state index in [4.69, 9.17) is 5.73 Å². The van der Waals surface area contributed by atoms with Gasteiger partial charge in [-0.3, -0.25) is 9.59 Å². The number of carbonyl (C=O) groups excluding carboxylic acids is 2. The van der Waals surface area contributed by atoms with Crippen LogP contribution in [0.1, 0.15) is 38.6 Å². The van der Waals surface area contributed by atoms with Gasteiger partial charge in [0.2, 0.25) is 0 Å². The highest BCUT2D eigenvalue weighted by Gasteiger charge is 2.24. The molecule has 20 heavy (non-hydrogen) atoms. The third-order valence-electron chi connectivity index (χ3n) is 3.76. The Hall–Kier alpha value is -1.40. The zero-order valence-corrected chi connectivity index (χ0v) is 12.5. The van der Waals surface area contributed by atoms with Crippen molar-refractivity contribution in [2.75, 3.05) is 26.7 Å². The van der Waals surface area contributed by atoms with Crippen molar-refractivity contribution in [2.45, 2.75) is 19.3 Å². The molecule has 2 amide bonds. The lowest BCUT2D eigenvalue weighted by atomic mass is 9.93. The van der Waals surface area contributed by atoms with Gasteiger partial charge in [-0.15, -0.1) is 11.3 Å². The van der Waals surface area contributed by atoms with Crippen LogP contribution in [-0.2, 0) is 0 Å². The number of thiophene rings is 1. The van der Waals surface area contributed by atoms with Crippen LogP contribution >= 0.6 is 11.3 Å². The fourth-order valence-corrected chi connectivity index (χ4v) is 3.34. The first-order valence-corrected chi connectivity index (χ1v) is 7.77. The van der Waals surface area contributed by atoms with Gasteiger partial charge in [-0.25, -0.2) is 0 Å². The van der Waals surface area contributed by atoms with Gasteiger partial charge in [-0.2, -0.15) is 0 Å². The SMILES string of the molecule is CNCCC1CCN(C(=O)c2ccc(C(N)=O)s2)CC1. The van der Waals surface area contributed by atoms with Crippen molar-refractivity contribution in [3.8, 4) is 0 Å². The highest BCUT2D eigenvalue weighted by atomic mass is 32.1. The average Bonchev–Trinajstić information content (AvgIpc) is 2.95. The minimum atomic E-state index is -0.472.